The summed E-state index contributed by atoms with van der Waals surface area (Å²) in [5.74, 6) is 1.83. The topological polar surface area (TPSA) is 89.8 Å². The summed E-state index contributed by atoms with van der Waals surface area (Å²) in [5.41, 5.74) is 1.43. The molecule has 142 valence electrons. The highest BCUT2D eigenvalue weighted by Crippen LogP contribution is 2.43. The average Bonchev–Trinajstić information content (AvgIpc) is 3.44. The summed E-state index contributed by atoms with van der Waals surface area (Å²) in [5, 5.41) is 5.68. The minimum atomic E-state index is -0.321. The minimum Gasteiger partial charge on any atom is -0.486 e. The van der Waals surface area contributed by atoms with Crippen LogP contribution in [0.2, 0.25) is 0 Å². The van der Waals surface area contributed by atoms with Crippen molar-refractivity contribution in [3.63, 3.8) is 0 Å². The van der Waals surface area contributed by atoms with Crippen LogP contribution in [0.1, 0.15) is 40.6 Å². The molecule has 1 aliphatic heterocycles. The SMILES string of the molecule is Cc1occc1C(=O)NCC(=O)N[C@@H](c1ccc2c(c1)OCCO2)C1CC1. The van der Waals surface area contributed by atoms with E-state index in [1.807, 2.05) is 18.2 Å². The van der Waals surface area contributed by atoms with Gasteiger partial charge in [0.15, 0.2) is 11.5 Å². The molecule has 27 heavy (non-hydrogen) atoms. The Labute approximate surface area is 157 Å². The summed E-state index contributed by atoms with van der Waals surface area (Å²) in [6.45, 7) is 2.69. The van der Waals surface area contributed by atoms with E-state index in [9.17, 15) is 9.59 Å². The average molecular weight is 370 g/mol. The quantitative estimate of drug-likeness (QED) is 0.815. The zero-order chi connectivity index (χ0) is 18.8. The summed E-state index contributed by atoms with van der Waals surface area (Å²) >= 11 is 0. The van der Waals surface area contributed by atoms with Crippen molar-refractivity contribution in [3.8, 4) is 11.5 Å². The molecule has 2 N–H and O–H groups in total. The summed E-state index contributed by atoms with van der Waals surface area (Å²) < 4.78 is 16.3. The first-order valence-corrected chi connectivity index (χ1v) is 9.13. The maximum absolute atomic E-state index is 12.4. The molecular weight excluding hydrogens is 348 g/mol. The van der Waals surface area contributed by atoms with Gasteiger partial charge in [-0.1, -0.05) is 6.07 Å². The first kappa shape index (κ1) is 17.5. The highest BCUT2D eigenvalue weighted by molar-refractivity contribution is 5.97. The Morgan fingerprint density at radius 1 is 1.15 bits per heavy atom. The Hall–Kier alpha value is -2.96. The van der Waals surface area contributed by atoms with Gasteiger partial charge in [-0.15, -0.1) is 0 Å². The predicted molar refractivity (Wildman–Crippen MR) is 96.8 cm³/mol. The zero-order valence-corrected chi connectivity index (χ0v) is 15.1. The van der Waals surface area contributed by atoms with E-state index in [2.05, 4.69) is 10.6 Å². The normalized spacial score (nSPS) is 16.5. The molecule has 1 fully saturated rings. The van der Waals surface area contributed by atoms with Crippen molar-refractivity contribution in [3.05, 3.63) is 47.4 Å². The van der Waals surface area contributed by atoms with E-state index >= 15 is 0 Å². The number of amides is 2. The van der Waals surface area contributed by atoms with Gasteiger partial charge in [-0.3, -0.25) is 9.59 Å². The lowest BCUT2D eigenvalue weighted by molar-refractivity contribution is -0.121. The fourth-order valence-electron chi connectivity index (χ4n) is 3.26. The Morgan fingerprint density at radius 3 is 2.63 bits per heavy atom. The number of hydrogen-bond donors (Lipinski definition) is 2. The summed E-state index contributed by atoms with van der Waals surface area (Å²) in [7, 11) is 0. The van der Waals surface area contributed by atoms with E-state index in [1.54, 1.807) is 13.0 Å². The molecule has 2 aliphatic rings. The molecule has 2 amide bonds. The number of carbonyl (C=O) groups is 2. The third kappa shape index (κ3) is 3.92. The van der Waals surface area contributed by atoms with Gasteiger partial charge in [0.1, 0.15) is 19.0 Å². The molecule has 0 bridgehead atoms. The number of fused-ring (bicyclic) bond motifs is 1. The van der Waals surface area contributed by atoms with Gasteiger partial charge in [0, 0.05) is 0 Å². The van der Waals surface area contributed by atoms with Gasteiger partial charge in [0.05, 0.1) is 24.4 Å². The van der Waals surface area contributed by atoms with Crippen LogP contribution in [0.3, 0.4) is 0 Å². The molecule has 0 saturated heterocycles. The smallest absolute Gasteiger partial charge is 0.255 e. The molecule has 1 aromatic carbocycles. The van der Waals surface area contributed by atoms with Gasteiger partial charge in [0.2, 0.25) is 5.91 Å². The number of aryl methyl sites for hydroxylation is 1. The second-order valence-corrected chi connectivity index (χ2v) is 6.86. The van der Waals surface area contributed by atoms with Gasteiger partial charge in [-0.25, -0.2) is 0 Å². The van der Waals surface area contributed by atoms with Crippen molar-refractivity contribution in [2.75, 3.05) is 19.8 Å². The van der Waals surface area contributed by atoms with Crippen molar-refractivity contribution in [1.29, 1.82) is 0 Å². The van der Waals surface area contributed by atoms with Crippen molar-refractivity contribution in [2.24, 2.45) is 5.92 Å². The molecule has 2 heterocycles. The van der Waals surface area contributed by atoms with E-state index < -0.39 is 0 Å². The van der Waals surface area contributed by atoms with Gasteiger partial charge in [-0.2, -0.15) is 0 Å². The second kappa shape index (κ2) is 7.34. The van der Waals surface area contributed by atoms with Gasteiger partial charge >= 0.3 is 0 Å². The zero-order valence-electron chi connectivity index (χ0n) is 15.1. The van der Waals surface area contributed by atoms with Crippen LogP contribution in [0.4, 0.5) is 0 Å². The molecule has 0 spiro atoms. The molecule has 1 atom stereocenters. The Kier molecular flexibility index (Phi) is 4.75. The molecular formula is C20H22N2O5. The second-order valence-electron chi connectivity index (χ2n) is 6.86. The molecule has 1 aromatic heterocycles. The fraction of sp³-hybridized carbons (Fsp3) is 0.400. The number of benzene rings is 1. The van der Waals surface area contributed by atoms with Crippen molar-refractivity contribution < 1.29 is 23.5 Å². The molecule has 7 nitrogen and oxygen atoms in total. The Morgan fingerprint density at radius 2 is 1.93 bits per heavy atom. The maximum atomic E-state index is 12.4. The third-order valence-electron chi connectivity index (χ3n) is 4.85. The van der Waals surface area contributed by atoms with Gasteiger partial charge < -0.3 is 24.5 Å². The predicted octanol–water partition coefficient (Wildman–Crippen LogP) is 2.36. The van der Waals surface area contributed by atoms with E-state index in [1.165, 1.54) is 6.26 Å². The summed E-state index contributed by atoms with van der Waals surface area (Å²) in [4.78, 5) is 24.5. The van der Waals surface area contributed by atoms with Gasteiger partial charge in [-0.05, 0) is 49.4 Å². The molecule has 2 aromatic rings. The highest BCUT2D eigenvalue weighted by Gasteiger charge is 2.34. The number of carbonyl (C=O) groups excluding carboxylic acids is 2. The first-order chi connectivity index (χ1) is 13.1. The van der Waals surface area contributed by atoms with Crippen molar-refractivity contribution >= 4 is 11.8 Å². The van der Waals surface area contributed by atoms with Crippen LogP contribution >= 0.6 is 0 Å². The molecule has 1 saturated carbocycles. The van der Waals surface area contributed by atoms with E-state index in [0.29, 0.717) is 36.2 Å². The number of rotatable bonds is 6. The summed E-state index contributed by atoms with van der Waals surface area (Å²) in [6.07, 6.45) is 3.59. The fourth-order valence-corrected chi connectivity index (χ4v) is 3.26. The molecule has 7 heteroatoms. The van der Waals surface area contributed by atoms with Gasteiger partial charge in [0.25, 0.3) is 5.91 Å². The maximum Gasteiger partial charge on any atom is 0.255 e. The molecule has 0 unspecified atom stereocenters. The number of ether oxygens (including phenoxy) is 2. The number of furan rings is 1. The van der Waals surface area contributed by atoms with E-state index in [-0.39, 0.29) is 24.4 Å². The van der Waals surface area contributed by atoms with Crippen LogP contribution in [0, 0.1) is 12.8 Å². The lowest BCUT2D eigenvalue weighted by Gasteiger charge is -2.23. The molecule has 1 aliphatic carbocycles. The van der Waals surface area contributed by atoms with Crippen LogP contribution in [0.5, 0.6) is 11.5 Å². The number of nitrogens with one attached hydrogen (secondary N) is 2. The largest absolute Gasteiger partial charge is 0.486 e. The Balaban J connectivity index is 1.39. The van der Waals surface area contributed by atoms with Crippen LogP contribution < -0.4 is 20.1 Å². The monoisotopic (exact) mass is 370 g/mol. The van der Waals surface area contributed by atoms with Crippen LogP contribution in [-0.2, 0) is 4.79 Å². The molecule has 0 radical (unpaired) electrons. The lowest BCUT2D eigenvalue weighted by Crippen LogP contribution is -2.39. The number of hydrogen-bond acceptors (Lipinski definition) is 5. The van der Waals surface area contributed by atoms with Crippen LogP contribution in [-0.4, -0.2) is 31.6 Å². The van der Waals surface area contributed by atoms with E-state index in [4.69, 9.17) is 13.9 Å². The van der Waals surface area contributed by atoms with Crippen molar-refractivity contribution in [2.45, 2.75) is 25.8 Å². The highest BCUT2D eigenvalue weighted by atomic mass is 16.6. The first-order valence-electron chi connectivity index (χ1n) is 9.13. The Bertz CT molecular complexity index is 856. The van der Waals surface area contributed by atoms with E-state index in [0.717, 1.165) is 24.2 Å². The molecule has 4 rings (SSSR count). The minimum absolute atomic E-state index is 0.0861. The third-order valence-corrected chi connectivity index (χ3v) is 4.85. The summed E-state index contributed by atoms with van der Waals surface area (Å²) in [6, 6.07) is 7.27. The lowest BCUT2D eigenvalue weighted by atomic mass is 10.0. The van der Waals surface area contributed by atoms with Crippen molar-refractivity contribution in [1.82, 2.24) is 10.6 Å². The standard InChI is InChI=1S/C20H22N2O5/c1-12-15(6-7-25-12)20(24)21-11-18(23)22-19(13-2-3-13)14-4-5-16-17(10-14)27-9-8-26-16/h4-7,10,13,19H,2-3,8-9,11H2,1H3,(H,21,24)(H,22,23)/t19-/m1/s1. The van der Waals surface area contributed by atoms with Crippen LogP contribution in [0.25, 0.3) is 0 Å². The van der Waals surface area contributed by atoms with Crippen LogP contribution in [0.15, 0.2) is 34.9 Å².